The van der Waals surface area contributed by atoms with Crippen LogP contribution in [0.15, 0.2) is 24.3 Å². The third-order valence-electron chi connectivity index (χ3n) is 4.16. The lowest BCUT2D eigenvalue weighted by atomic mass is 9.99. The van der Waals surface area contributed by atoms with E-state index < -0.39 is 0 Å². The fourth-order valence-corrected chi connectivity index (χ4v) is 2.80. The molecule has 0 heterocycles. The van der Waals surface area contributed by atoms with Crippen LogP contribution in [-0.2, 0) is 0 Å². The minimum atomic E-state index is 0.103. The molecule has 21 heavy (non-hydrogen) atoms. The molecule has 0 amide bonds. The maximum absolute atomic E-state index is 6.29. The van der Waals surface area contributed by atoms with Crippen LogP contribution in [0.4, 0.5) is 0 Å². The van der Waals surface area contributed by atoms with Gasteiger partial charge in [0, 0.05) is 11.6 Å². The van der Waals surface area contributed by atoms with Crippen LogP contribution in [0.2, 0.25) is 0 Å². The van der Waals surface area contributed by atoms with E-state index in [1.165, 1.54) is 57.8 Å². The summed E-state index contributed by atoms with van der Waals surface area (Å²) in [5.41, 5.74) is 7.43. The molecule has 0 aliphatic rings. The van der Waals surface area contributed by atoms with Crippen molar-refractivity contribution in [2.24, 2.45) is 5.73 Å². The second-order valence-electron chi connectivity index (χ2n) is 5.97. The molecular weight excluding hydrogens is 258 g/mol. The van der Waals surface area contributed by atoms with E-state index in [-0.39, 0.29) is 6.04 Å². The van der Waals surface area contributed by atoms with Gasteiger partial charge in [-0.1, -0.05) is 82.9 Å². The normalized spacial score (nSPS) is 12.3. The van der Waals surface area contributed by atoms with Crippen LogP contribution < -0.4 is 10.5 Å². The Morgan fingerprint density at radius 3 is 2.10 bits per heavy atom. The number of hydrogen-bond donors (Lipinski definition) is 1. The Kier molecular flexibility index (Phi) is 9.98. The van der Waals surface area contributed by atoms with Gasteiger partial charge in [-0.15, -0.1) is 0 Å². The first-order valence-corrected chi connectivity index (χ1v) is 8.68. The molecule has 1 aromatic rings. The lowest BCUT2D eigenvalue weighted by Gasteiger charge is -2.15. The Morgan fingerprint density at radius 2 is 1.48 bits per heavy atom. The number of unbranched alkanes of at least 4 members (excludes halogenated alkanes) is 8. The fourth-order valence-electron chi connectivity index (χ4n) is 2.80. The second-order valence-corrected chi connectivity index (χ2v) is 5.97. The number of ether oxygens (including phenoxy) is 1. The van der Waals surface area contributed by atoms with Crippen molar-refractivity contribution in [2.75, 3.05) is 7.11 Å². The smallest absolute Gasteiger partial charge is 0.123 e. The molecule has 2 N–H and O–H groups in total. The number of hydrogen-bond acceptors (Lipinski definition) is 2. The topological polar surface area (TPSA) is 35.2 Å². The van der Waals surface area contributed by atoms with Crippen molar-refractivity contribution in [3.63, 3.8) is 0 Å². The molecule has 0 fully saturated rings. The van der Waals surface area contributed by atoms with Crippen LogP contribution in [0, 0.1) is 0 Å². The largest absolute Gasteiger partial charge is 0.496 e. The predicted molar refractivity (Wildman–Crippen MR) is 91.8 cm³/mol. The predicted octanol–water partition coefficient (Wildman–Crippen LogP) is 5.62. The summed E-state index contributed by atoms with van der Waals surface area (Å²) in [6.45, 7) is 2.27. The maximum atomic E-state index is 6.29. The highest BCUT2D eigenvalue weighted by atomic mass is 16.5. The summed E-state index contributed by atoms with van der Waals surface area (Å²) < 4.78 is 5.38. The summed E-state index contributed by atoms with van der Waals surface area (Å²) in [6.07, 6.45) is 13.3. The molecule has 1 rings (SSSR count). The first-order valence-electron chi connectivity index (χ1n) is 8.68. The molecule has 0 aliphatic heterocycles. The molecule has 0 aromatic heterocycles. The summed E-state index contributed by atoms with van der Waals surface area (Å²) in [5.74, 6) is 0.918. The van der Waals surface area contributed by atoms with Gasteiger partial charge in [0.2, 0.25) is 0 Å². The van der Waals surface area contributed by atoms with Gasteiger partial charge in [0.1, 0.15) is 5.75 Å². The molecule has 0 aliphatic carbocycles. The van der Waals surface area contributed by atoms with Gasteiger partial charge in [-0.05, 0) is 12.5 Å². The molecule has 120 valence electrons. The minimum absolute atomic E-state index is 0.103. The summed E-state index contributed by atoms with van der Waals surface area (Å²) in [7, 11) is 1.71. The molecular formula is C19H33NO. The lowest BCUT2D eigenvalue weighted by molar-refractivity contribution is 0.403. The highest BCUT2D eigenvalue weighted by molar-refractivity contribution is 5.35. The standard InChI is InChI=1S/C19H33NO/c1-3-4-5-6-7-8-9-10-11-15-18(20)17-14-12-13-16-19(17)21-2/h12-14,16,18H,3-11,15,20H2,1-2H3. The van der Waals surface area contributed by atoms with Crippen molar-refractivity contribution in [3.05, 3.63) is 29.8 Å². The zero-order valence-electron chi connectivity index (χ0n) is 13.9. The number of methoxy groups -OCH3 is 1. The number of benzene rings is 1. The van der Waals surface area contributed by atoms with E-state index in [1.807, 2.05) is 18.2 Å². The Morgan fingerprint density at radius 1 is 0.905 bits per heavy atom. The van der Waals surface area contributed by atoms with E-state index in [9.17, 15) is 0 Å². The molecule has 1 atom stereocenters. The first-order chi connectivity index (χ1) is 10.3. The first kappa shape index (κ1) is 18.0. The molecule has 0 bridgehead atoms. The van der Waals surface area contributed by atoms with Crippen LogP contribution in [0.5, 0.6) is 5.75 Å². The van der Waals surface area contributed by atoms with Crippen LogP contribution in [-0.4, -0.2) is 7.11 Å². The van der Waals surface area contributed by atoms with E-state index >= 15 is 0 Å². The maximum Gasteiger partial charge on any atom is 0.123 e. The van der Waals surface area contributed by atoms with Crippen molar-refractivity contribution in [1.82, 2.24) is 0 Å². The molecule has 0 spiro atoms. The Hall–Kier alpha value is -1.02. The molecule has 2 nitrogen and oxygen atoms in total. The van der Waals surface area contributed by atoms with Crippen LogP contribution in [0.3, 0.4) is 0 Å². The van der Waals surface area contributed by atoms with Gasteiger partial charge in [-0.2, -0.15) is 0 Å². The monoisotopic (exact) mass is 291 g/mol. The number of rotatable bonds is 12. The SMILES string of the molecule is CCCCCCCCCCCC(N)c1ccccc1OC. The van der Waals surface area contributed by atoms with Gasteiger partial charge >= 0.3 is 0 Å². The van der Waals surface area contributed by atoms with Gasteiger partial charge < -0.3 is 10.5 Å². The molecule has 1 aromatic carbocycles. The highest BCUT2D eigenvalue weighted by Gasteiger charge is 2.10. The van der Waals surface area contributed by atoms with Gasteiger partial charge in [-0.25, -0.2) is 0 Å². The highest BCUT2D eigenvalue weighted by Crippen LogP contribution is 2.26. The average molecular weight is 291 g/mol. The van der Waals surface area contributed by atoms with Crippen molar-refractivity contribution in [1.29, 1.82) is 0 Å². The summed E-state index contributed by atoms with van der Waals surface area (Å²) in [6, 6.07) is 8.20. The molecule has 0 radical (unpaired) electrons. The Labute approximate surface area is 131 Å². The third-order valence-corrected chi connectivity index (χ3v) is 4.16. The van der Waals surface area contributed by atoms with Crippen LogP contribution >= 0.6 is 0 Å². The molecule has 2 heteroatoms. The van der Waals surface area contributed by atoms with Gasteiger partial charge in [0.25, 0.3) is 0 Å². The van der Waals surface area contributed by atoms with Crippen molar-refractivity contribution >= 4 is 0 Å². The summed E-state index contributed by atoms with van der Waals surface area (Å²) in [4.78, 5) is 0. The van der Waals surface area contributed by atoms with Crippen molar-refractivity contribution in [3.8, 4) is 5.75 Å². The van der Waals surface area contributed by atoms with Crippen molar-refractivity contribution < 1.29 is 4.74 Å². The Balaban J connectivity index is 2.09. The summed E-state index contributed by atoms with van der Waals surface area (Å²) in [5, 5.41) is 0. The van der Waals surface area contributed by atoms with E-state index in [0.717, 1.165) is 17.7 Å². The van der Waals surface area contributed by atoms with E-state index in [1.54, 1.807) is 7.11 Å². The minimum Gasteiger partial charge on any atom is -0.496 e. The van der Waals surface area contributed by atoms with Crippen molar-refractivity contribution in [2.45, 2.75) is 77.2 Å². The second kappa shape index (κ2) is 11.6. The summed E-state index contributed by atoms with van der Waals surface area (Å²) >= 11 is 0. The average Bonchev–Trinajstić information content (AvgIpc) is 2.53. The lowest BCUT2D eigenvalue weighted by Crippen LogP contribution is -2.11. The van der Waals surface area contributed by atoms with E-state index in [2.05, 4.69) is 13.0 Å². The zero-order valence-corrected chi connectivity index (χ0v) is 13.9. The van der Waals surface area contributed by atoms with Crippen LogP contribution in [0.25, 0.3) is 0 Å². The van der Waals surface area contributed by atoms with E-state index in [4.69, 9.17) is 10.5 Å². The van der Waals surface area contributed by atoms with Gasteiger partial charge in [-0.3, -0.25) is 0 Å². The van der Waals surface area contributed by atoms with Gasteiger partial charge in [0.05, 0.1) is 7.11 Å². The molecule has 0 saturated heterocycles. The Bertz CT molecular complexity index is 364. The van der Waals surface area contributed by atoms with E-state index in [0.29, 0.717) is 0 Å². The number of nitrogens with two attached hydrogens (primary N) is 1. The quantitative estimate of drug-likeness (QED) is 0.507. The van der Waals surface area contributed by atoms with Crippen LogP contribution in [0.1, 0.15) is 82.7 Å². The number of para-hydroxylation sites is 1. The zero-order chi connectivity index (χ0) is 15.3. The molecule has 0 saturated carbocycles. The fraction of sp³-hybridized carbons (Fsp3) is 0.684. The molecule has 1 unspecified atom stereocenters. The van der Waals surface area contributed by atoms with Gasteiger partial charge in [0.15, 0.2) is 0 Å². The third kappa shape index (κ3) is 7.52.